The molecule has 0 atom stereocenters. The quantitative estimate of drug-likeness (QED) is 0.499. The fourth-order valence-electron chi connectivity index (χ4n) is 1.39. The summed E-state index contributed by atoms with van der Waals surface area (Å²) < 4.78 is 0. The first-order chi connectivity index (χ1) is 6.38. The van der Waals surface area contributed by atoms with Gasteiger partial charge in [-0.1, -0.05) is 38.3 Å². The van der Waals surface area contributed by atoms with Gasteiger partial charge in [-0.25, -0.2) is 0 Å². The van der Waals surface area contributed by atoms with Crippen molar-refractivity contribution in [1.82, 2.24) is 0 Å². The van der Waals surface area contributed by atoms with Crippen LogP contribution in [-0.2, 0) is 0 Å². The third kappa shape index (κ3) is 6.34. The Balaban J connectivity index is 0. The molecule has 15 heavy (non-hydrogen) atoms. The van der Waals surface area contributed by atoms with Gasteiger partial charge in [-0.2, -0.15) is 0 Å². The molecule has 0 heterocycles. The molecule has 0 saturated heterocycles. The minimum atomic E-state index is 0. The maximum Gasteiger partial charge on any atom is 0.0782 e. The molecule has 1 aromatic carbocycles. The van der Waals surface area contributed by atoms with Crippen LogP contribution in [0.4, 0.5) is 0 Å². The SMILES string of the molecule is [Cl-].[Cl-].[NH3+]CCP(CC[NH3+])c1ccccc1. The van der Waals surface area contributed by atoms with Gasteiger partial charge in [0.15, 0.2) is 0 Å². The molecule has 0 aliphatic heterocycles. The van der Waals surface area contributed by atoms with Gasteiger partial charge >= 0.3 is 0 Å². The topological polar surface area (TPSA) is 55.3 Å². The second kappa shape index (κ2) is 10.7. The number of rotatable bonds is 5. The van der Waals surface area contributed by atoms with Gasteiger partial charge in [-0.05, 0) is 5.30 Å². The van der Waals surface area contributed by atoms with Crippen molar-refractivity contribution in [2.24, 2.45) is 0 Å². The molecule has 0 unspecified atom stereocenters. The van der Waals surface area contributed by atoms with E-state index in [1.807, 2.05) is 0 Å². The summed E-state index contributed by atoms with van der Waals surface area (Å²) in [5, 5.41) is 1.50. The van der Waals surface area contributed by atoms with Crippen molar-refractivity contribution < 1.29 is 36.3 Å². The first-order valence-electron chi connectivity index (χ1n) is 4.77. The lowest BCUT2D eigenvalue weighted by molar-refractivity contribution is -0.361. The van der Waals surface area contributed by atoms with Crippen LogP contribution in [0.15, 0.2) is 30.3 Å². The van der Waals surface area contributed by atoms with Crippen LogP contribution in [0.25, 0.3) is 0 Å². The van der Waals surface area contributed by atoms with Crippen molar-refractivity contribution in [3.05, 3.63) is 30.3 Å². The molecule has 6 N–H and O–H groups in total. The van der Waals surface area contributed by atoms with E-state index in [0.29, 0.717) is 0 Å². The van der Waals surface area contributed by atoms with Crippen LogP contribution >= 0.6 is 7.92 Å². The van der Waals surface area contributed by atoms with Crippen molar-refractivity contribution in [1.29, 1.82) is 0 Å². The molecule has 0 radical (unpaired) electrons. The smallest absolute Gasteiger partial charge is 0.0782 e. The summed E-state index contributed by atoms with van der Waals surface area (Å²) in [7, 11) is 0.0190. The maximum atomic E-state index is 3.93. The summed E-state index contributed by atoms with van der Waals surface area (Å²) >= 11 is 0. The average molecular weight is 269 g/mol. The zero-order chi connectivity index (χ0) is 9.52. The van der Waals surface area contributed by atoms with Gasteiger partial charge < -0.3 is 36.3 Å². The Labute approximate surface area is 105 Å². The zero-order valence-electron chi connectivity index (χ0n) is 8.83. The summed E-state index contributed by atoms with van der Waals surface area (Å²) in [6, 6.07) is 10.8. The predicted molar refractivity (Wildman–Crippen MR) is 58.2 cm³/mol. The van der Waals surface area contributed by atoms with Gasteiger partial charge in [0, 0.05) is 12.3 Å². The van der Waals surface area contributed by atoms with E-state index in [2.05, 4.69) is 41.8 Å². The van der Waals surface area contributed by atoms with Crippen LogP contribution in [0.2, 0.25) is 0 Å². The molecular formula is C10H19Cl2N2P. The summed E-state index contributed by atoms with van der Waals surface area (Å²) in [4.78, 5) is 0. The van der Waals surface area contributed by atoms with Crippen LogP contribution < -0.4 is 41.6 Å². The Kier molecular flexibility index (Phi) is 12.5. The van der Waals surface area contributed by atoms with Gasteiger partial charge in [0.1, 0.15) is 0 Å². The normalized spacial score (nSPS) is 9.27. The first-order valence-corrected chi connectivity index (χ1v) is 6.48. The highest BCUT2D eigenvalue weighted by Crippen LogP contribution is 2.31. The molecule has 0 aliphatic rings. The molecule has 1 aromatic rings. The molecular weight excluding hydrogens is 250 g/mol. The lowest BCUT2D eigenvalue weighted by Crippen LogP contribution is -3.00. The molecule has 2 nitrogen and oxygen atoms in total. The van der Waals surface area contributed by atoms with Gasteiger partial charge in [-0.15, -0.1) is 0 Å². The van der Waals surface area contributed by atoms with E-state index in [1.54, 1.807) is 0 Å². The standard InChI is InChI=1S/C10H17N2P.2ClH/c11-6-8-13(9-7-12)10-4-2-1-3-5-10;;/h1-5H,6-9,11-12H2;2*1H. The van der Waals surface area contributed by atoms with Crippen LogP contribution in [0.5, 0.6) is 0 Å². The summed E-state index contributed by atoms with van der Waals surface area (Å²) in [5.74, 6) is 0. The summed E-state index contributed by atoms with van der Waals surface area (Å²) in [5.41, 5.74) is 7.86. The zero-order valence-corrected chi connectivity index (χ0v) is 11.2. The third-order valence-electron chi connectivity index (χ3n) is 1.98. The molecule has 0 saturated carbocycles. The molecule has 88 valence electrons. The minimum Gasteiger partial charge on any atom is -1.00 e. The number of hydrogen-bond donors (Lipinski definition) is 2. The highest BCUT2D eigenvalue weighted by atomic mass is 35.5. The molecule has 0 spiro atoms. The van der Waals surface area contributed by atoms with E-state index >= 15 is 0 Å². The van der Waals surface area contributed by atoms with Crippen LogP contribution in [-0.4, -0.2) is 25.4 Å². The number of halogens is 2. The van der Waals surface area contributed by atoms with E-state index in [4.69, 9.17) is 0 Å². The number of benzene rings is 1. The van der Waals surface area contributed by atoms with E-state index in [-0.39, 0.29) is 32.7 Å². The van der Waals surface area contributed by atoms with E-state index in [0.717, 1.165) is 13.1 Å². The van der Waals surface area contributed by atoms with Crippen molar-refractivity contribution >= 4 is 13.2 Å². The van der Waals surface area contributed by atoms with Crippen molar-refractivity contribution in [3.63, 3.8) is 0 Å². The van der Waals surface area contributed by atoms with Crippen molar-refractivity contribution in [2.75, 3.05) is 25.4 Å². The van der Waals surface area contributed by atoms with E-state index in [9.17, 15) is 0 Å². The largest absolute Gasteiger partial charge is 1.00 e. The summed E-state index contributed by atoms with van der Waals surface area (Å²) in [6.45, 7) is 2.08. The molecule has 0 aliphatic carbocycles. The van der Waals surface area contributed by atoms with Crippen LogP contribution in [0.3, 0.4) is 0 Å². The third-order valence-corrected chi connectivity index (χ3v) is 4.72. The highest BCUT2D eigenvalue weighted by molar-refractivity contribution is 7.65. The predicted octanol–water partition coefficient (Wildman–Crippen LogP) is -6.71. The fraction of sp³-hybridized carbons (Fsp3) is 0.400. The first kappa shape index (κ1) is 17.5. The van der Waals surface area contributed by atoms with Gasteiger partial charge in [-0.3, -0.25) is 0 Å². The second-order valence-corrected chi connectivity index (χ2v) is 5.52. The van der Waals surface area contributed by atoms with Gasteiger partial charge in [0.05, 0.1) is 13.1 Å². The number of hydrogen-bond acceptors (Lipinski definition) is 0. The van der Waals surface area contributed by atoms with Crippen LogP contribution in [0, 0.1) is 0 Å². The van der Waals surface area contributed by atoms with Gasteiger partial charge in [0.25, 0.3) is 0 Å². The Morgan fingerprint density at radius 1 is 0.867 bits per heavy atom. The lowest BCUT2D eigenvalue weighted by Gasteiger charge is -2.13. The molecule has 0 fully saturated rings. The minimum absolute atomic E-state index is 0. The van der Waals surface area contributed by atoms with E-state index < -0.39 is 0 Å². The Bertz CT molecular complexity index is 228. The summed E-state index contributed by atoms with van der Waals surface area (Å²) in [6.07, 6.45) is 2.49. The van der Waals surface area contributed by atoms with E-state index in [1.165, 1.54) is 17.6 Å². The molecule has 0 aromatic heterocycles. The van der Waals surface area contributed by atoms with Gasteiger partial charge in [0.2, 0.25) is 0 Å². The fourth-order valence-corrected chi connectivity index (χ4v) is 3.49. The van der Waals surface area contributed by atoms with Crippen molar-refractivity contribution in [2.45, 2.75) is 0 Å². The Morgan fingerprint density at radius 2 is 1.33 bits per heavy atom. The van der Waals surface area contributed by atoms with Crippen molar-refractivity contribution in [3.8, 4) is 0 Å². The van der Waals surface area contributed by atoms with Crippen LogP contribution in [0.1, 0.15) is 0 Å². The average Bonchev–Trinajstić information content (AvgIpc) is 2.19. The molecule has 5 heteroatoms. The Hall–Kier alpha value is 0.150. The molecule has 0 amide bonds. The maximum absolute atomic E-state index is 3.93. The molecule has 0 bridgehead atoms. The Morgan fingerprint density at radius 3 is 1.73 bits per heavy atom. The number of quaternary nitrogens is 2. The molecule has 1 rings (SSSR count). The highest BCUT2D eigenvalue weighted by Gasteiger charge is 2.09. The lowest BCUT2D eigenvalue weighted by atomic mass is 10.4. The monoisotopic (exact) mass is 268 g/mol. The second-order valence-electron chi connectivity index (χ2n) is 3.03.